The lowest BCUT2D eigenvalue weighted by atomic mass is 9.89. The molecule has 2 heteroatoms. The summed E-state index contributed by atoms with van der Waals surface area (Å²) in [5, 5.41) is 0. The fraction of sp³-hybridized carbons (Fsp3) is 0.250. The van der Waals surface area contributed by atoms with Gasteiger partial charge in [-0.25, -0.2) is 4.39 Å². The fourth-order valence-electron chi connectivity index (χ4n) is 2.91. The minimum Gasteiger partial charge on any atom is -0.323 e. The van der Waals surface area contributed by atoms with Crippen LogP contribution in [-0.4, -0.2) is 0 Å². The van der Waals surface area contributed by atoms with Crippen LogP contribution in [0.25, 0.3) is 0 Å². The first-order chi connectivity index (χ1) is 8.75. The van der Waals surface area contributed by atoms with Gasteiger partial charge in [0.1, 0.15) is 5.82 Å². The quantitative estimate of drug-likeness (QED) is 0.854. The second-order valence-corrected chi connectivity index (χ2v) is 4.92. The van der Waals surface area contributed by atoms with Gasteiger partial charge in [-0.2, -0.15) is 0 Å². The van der Waals surface area contributed by atoms with Crippen LogP contribution in [0.2, 0.25) is 0 Å². The smallest absolute Gasteiger partial charge is 0.123 e. The highest BCUT2D eigenvalue weighted by Crippen LogP contribution is 2.40. The molecule has 2 aromatic rings. The minimum atomic E-state index is -0.214. The highest BCUT2D eigenvalue weighted by atomic mass is 19.1. The Morgan fingerprint density at radius 1 is 1.11 bits per heavy atom. The van der Waals surface area contributed by atoms with Crippen molar-refractivity contribution < 1.29 is 4.39 Å². The normalized spacial score (nSPS) is 19.6. The topological polar surface area (TPSA) is 26.0 Å². The van der Waals surface area contributed by atoms with Crippen LogP contribution in [0, 0.1) is 5.82 Å². The van der Waals surface area contributed by atoms with Gasteiger partial charge in [0, 0.05) is 12.0 Å². The van der Waals surface area contributed by atoms with E-state index in [1.165, 1.54) is 17.2 Å². The van der Waals surface area contributed by atoms with Crippen LogP contribution in [0.1, 0.15) is 35.1 Å². The van der Waals surface area contributed by atoms with E-state index in [1.807, 2.05) is 6.07 Å². The number of halogens is 1. The summed E-state index contributed by atoms with van der Waals surface area (Å²) in [5.41, 5.74) is 9.91. The molecule has 92 valence electrons. The lowest BCUT2D eigenvalue weighted by Gasteiger charge is -2.20. The lowest BCUT2D eigenvalue weighted by Crippen LogP contribution is -2.18. The summed E-state index contributed by atoms with van der Waals surface area (Å²) in [6.45, 7) is 0. The molecule has 0 spiro atoms. The van der Waals surface area contributed by atoms with Crippen LogP contribution in [0.3, 0.4) is 0 Å². The molecule has 1 aliphatic carbocycles. The molecule has 0 aromatic heterocycles. The van der Waals surface area contributed by atoms with Gasteiger partial charge < -0.3 is 5.73 Å². The van der Waals surface area contributed by atoms with Crippen LogP contribution in [-0.2, 0) is 6.42 Å². The number of aryl methyl sites for hydroxylation is 1. The third kappa shape index (κ3) is 1.93. The Hall–Kier alpha value is -1.67. The van der Waals surface area contributed by atoms with E-state index in [-0.39, 0.29) is 11.9 Å². The average molecular weight is 241 g/mol. The first-order valence-corrected chi connectivity index (χ1v) is 6.34. The van der Waals surface area contributed by atoms with Gasteiger partial charge in [0.2, 0.25) is 0 Å². The summed E-state index contributed by atoms with van der Waals surface area (Å²) in [5.74, 6) is 0.0947. The maximum absolute atomic E-state index is 13.3. The molecule has 0 bridgehead atoms. The van der Waals surface area contributed by atoms with Crippen LogP contribution < -0.4 is 5.73 Å². The highest BCUT2D eigenvalue weighted by Gasteiger charge is 2.28. The Balaban J connectivity index is 1.93. The zero-order chi connectivity index (χ0) is 12.5. The van der Waals surface area contributed by atoms with Gasteiger partial charge in [0.15, 0.2) is 0 Å². The molecule has 0 fully saturated rings. The van der Waals surface area contributed by atoms with E-state index in [2.05, 4.69) is 24.3 Å². The van der Waals surface area contributed by atoms with Gasteiger partial charge >= 0.3 is 0 Å². The zero-order valence-electron chi connectivity index (χ0n) is 10.1. The molecule has 1 nitrogen and oxygen atoms in total. The molecule has 0 amide bonds. The van der Waals surface area contributed by atoms with Crippen molar-refractivity contribution >= 4 is 0 Å². The number of hydrogen-bond acceptors (Lipinski definition) is 1. The van der Waals surface area contributed by atoms with Gasteiger partial charge in [0.05, 0.1) is 0 Å². The summed E-state index contributed by atoms with van der Waals surface area (Å²) < 4.78 is 13.3. The van der Waals surface area contributed by atoms with E-state index in [9.17, 15) is 4.39 Å². The second kappa shape index (κ2) is 4.54. The summed E-state index contributed by atoms with van der Waals surface area (Å²) >= 11 is 0. The molecule has 3 rings (SSSR count). The molecule has 2 atom stereocenters. The van der Waals surface area contributed by atoms with E-state index in [0.717, 1.165) is 18.4 Å². The van der Waals surface area contributed by atoms with E-state index < -0.39 is 0 Å². The number of hydrogen-bond donors (Lipinski definition) is 1. The van der Waals surface area contributed by atoms with Crippen LogP contribution in [0.4, 0.5) is 4.39 Å². The maximum atomic E-state index is 13.3. The molecular weight excluding hydrogens is 225 g/mol. The highest BCUT2D eigenvalue weighted by molar-refractivity contribution is 5.38. The van der Waals surface area contributed by atoms with Gasteiger partial charge in [-0.1, -0.05) is 36.4 Å². The maximum Gasteiger partial charge on any atom is 0.123 e. The standard InChI is InChI=1S/C16H16FN/c17-13-6-3-5-12(10-13)16(18)15-9-8-11-4-1-2-7-14(11)15/h1-7,10,15-16H,8-9,18H2. The van der Waals surface area contributed by atoms with E-state index in [1.54, 1.807) is 12.1 Å². The first-order valence-electron chi connectivity index (χ1n) is 6.34. The molecule has 0 heterocycles. The molecule has 2 aromatic carbocycles. The SMILES string of the molecule is NC(c1cccc(F)c1)C1CCc2ccccc21. The van der Waals surface area contributed by atoms with Crippen LogP contribution in [0.15, 0.2) is 48.5 Å². The van der Waals surface area contributed by atoms with Crippen molar-refractivity contribution in [2.45, 2.75) is 24.8 Å². The molecule has 0 saturated carbocycles. The van der Waals surface area contributed by atoms with Crippen molar-refractivity contribution in [3.63, 3.8) is 0 Å². The molecule has 1 aliphatic rings. The third-order valence-electron chi connectivity index (χ3n) is 3.85. The Morgan fingerprint density at radius 2 is 1.94 bits per heavy atom. The summed E-state index contributed by atoms with van der Waals surface area (Å²) in [6, 6.07) is 14.9. The van der Waals surface area contributed by atoms with Crippen molar-refractivity contribution in [3.8, 4) is 0 Å². The molecule has 2 unspecified atom stereocenters. The molecule has 18 heavy (non-hydrogen) atoms. The van der Waals surface area contributed by atoms with Crippen LogP contribution in [0.5, 0.6) is 0 Å². The third-order valence-corrected chi connectivity index (χ3v) is 3.85. The summed E-state index contributed by atoms with van der Waals surface area (Å²) in [4.78, 5) is 0. The second-order valence-electron chi connectivity index (χ2n) is 4.92. The molecular formula is C16H16FN. The van der Waals surface area contributed by atoms with Crippen molar-refractivity contribution in [1.82, 2.24) is 0 Å². The van der Waals surface area contributed by atoms with Gasteiger partial charge in [-0.3, -0.25) is 0 Å². The molecule has 0 aliphatic heterocycles. The average Bonchev–Trinajstić information content (AvgIpc) is 2.82. The van der Waals surface area contributed by atoms with Gasteiger partial charge in [-0.05, 0) is 41.7 Å². The largest absolute Gasteiger partial charge is 0.323 e. The Morgan fingerprint density at radius 3 is 2.78 bits per heavy atom. The summed E-state index contributed by atoms with van der Waals surface area (Å²) in [7, 11) is 0. The van der Waals surface area contributed by atoms with Crippen LogP contribution >= 0.6 is 0 Å². The number of nitrogens with two attached hydrogens (primary N) is 1. The van der Waals surface area contributed by atoms with Gasteiger partial charge in [-0.15, -0.1) is 0 Å². The molecule has 0 saturated heterocycles. The van der Waals surface area contributed by atoms with Crippen molar-refractivity contribution in [1.29, 1.82) is 0 Å². The van der Waals surface area contributed by atoms with Crippen molar-refractivity contribution in [2.75, 3.05) is 0 Å². The number of benzene rings is 2. The first kappa shape index (κ1) is 11.4. The summed E-state index contributed by atoms with van der Waals surface area (Å²) in [6.07, 6.45) is 2.13. The van der Waals surface area contributed by atoms with E-state index >= 15 is 0 Å². The Bertz CT molecular complexity index is 565. The molecule has 2 N–H and O–H groups in total. The van der Waals surface area contributed by atoms with Crippen molar-refractivity contribution in [2.24, 2.45) is 5.73 Å². The van der Waals surface area contributed by atoms with E-state index in [0.29, 0.717) is 5.92 Å². The number of rotatable bonds is 2. The van der Waals surface area contributed by atoms with E-state index in [4.69, 9.17) is 5.73 Å². The fourth-order valence-corrected chi connectivity index (χ4v) is 2.91. The predicted octanol–water partition coefficient (Wildman–Crippen LogP) is 3.56. The zero-order valence-corrected chi connectivity index (χ0v) is 10.1. The Labute approximate surface area is 106 Å². The predicted molar refractivity (Wildman–Crippen MR) is 70.8 cm³/mol. The molecule has 0 radical (unpaired) electrons. The van der Waals surface area contributed by atoms with Gasteiger partial charge in [0.25, 0.3) is 0 Å². The van der Waals surface area contributed by atoms with Crippen molar-refractivity contribution in [3.05, 3.63) is 71.0 Å². The lowest BCUT2D eigenvalue weighted by molar-refractivity contribution is 0.544. The number of fused-ring (bicyclic) bond motifs is 1. The minimum absolute atomic E-state index is 0.121. The monoisotopic (exact) mass is 241 g/mol. The Kier molecular flexibility index (Phi) is 2.88.